The zero-order valence-corrected chi connectivity index (χ0v) is 11.1. The molecule has 1 rings (SSSR count). The molecule has 3 N–H and O–H groups in total. The Morgan fingerprint density at radius 3 is 2.61 bits per heavy atom. The number of nitrogens with zero attached hydrogens (tertiary/aromatic N) is 3. The second kappa shape index (κ2) is 7.65. The molecule has 0 spiro atoms. The molecule has 0 aromatic carbocycles. The first kappa shape index (κ1) is 14.4. The molecule has 0 amide bonds. The SMILES string of the molecule is CCOc1nc(NC)nc(NCC(C)CCO)n1. The topological polar surface area (TPSA) is 92.2 Å². The van der Waals surface area contributed by atoms with Gasteiger partial charge in [0.05, 0.1) is 6.61 Å². The number of aromatic nitrogens is 3. The lowest BCUT2D eigenvalue weighted by atomic mass is 10.1. The third kappa shape index (κ3) is 4.70. The van der Waals surface area contributed by atoms with E-state index >= 15 is 0 Å². The Morgan fingerprint density at radius 2 is 2.00 bits per heavy atom. The van der Waals surface area contributed by atoms with Crippen molar-refractivity contribution in [2.24, 2.45) is 5.92 Å². The summed E-state index contributed by atoms with van der Waals surface area (Å²) in [6, 6.07) is 0.300. The maximum atomic E-state index is 8.83. The van der Waals surface area contributed by atoms with E-state index in [4.69, 9.17) is 9.84 Å². The lowest BCUT2D eigenvalue weighted by molar-refractivity contribution is 0.265. The van der Waals surface area contributed by atoms with Crippen LogP contribution in [0.5, 0.6) is 6.01 Å². The number of anilines is 2. The molecular weight excluding hydrogens is 234 g/mol. The zero-order valence-electron chi connectivity index (χ0n) is 11.1. The molecule has 18 heavy (non-hydrogen) atoms. The van der Waals surface area contributed by atoms with E-state index in [1.807, 2.05) is 13.8 Å². The summed E-state index contributed by atoms with van der Waals surface area (Å²) in [5.74, 6) is 1.29. The predicted molar refractivity (Wildman–Crippen MR) is 69.9 cm³/mol. The Hall–Kier alpha value is -1.63. The number of rotatable bonds is 8. The van der Waals surface area contributed by atoms with Crippen molar-refractivity contribution in [2.45, 2.75) is 20.3 Å². The van der Waals surface area contributed by atoms with Gasteiger partial charge in [0.25, 0.3) is 0 Å². The van der Waals surface area contributed by atoms with Crippen LogP contribution in [0.3, 0.4) is 0 Å². The molecule has 0 saturated carbocycles. The van der Waals surface area contributed by atoms with Crippen molar-refractivity contribution in [1.29, 1.82) is 0 Å². The molecule has 0 fully saturated rings. The molecule has 1 atom stereocenters. The first-order chi connectivity index (χ1) is 8.69. The Kier molecular flexibility index (Phi) is 6.13. The minimum absolute atomic E-state index is 0.187. The highest BCUT2D eigenvalue weighted by Crippen LogP contribution is 2.11. The standard InChI is InChI=1S/C11H21N5O2/c1-4-18-11-15-9(12-3)14-10(16-11)13-7-8(2)5-6-17/h8,17H,4-7H2,1-3H3,(H2,12,13,14,15,16). The summed E-state index contributed by atoms with van der Waals surface area (Å²) in [6.07, 6.45) is 0.745. The fraction of sp³-hybridized carbons (Fsp3) is 0.727. The van der Waals surface area contributed by atoms with Crippen molar-refractivity contribution in [3.8, 4) is 6.01 Å². The van der Waals surface area contributed by atoms with Crippen LogP contribution < -0.4 is 15.4 Å². The van der Waals surface area contributed by atoms with Gasteiger partial charge in [-0.2, -0.15) is 15.0 Å². The van der Waals surface area contributed by atoms with Crippen LogP contribution in [0.25, 0.3) is 0 Å². The summed E-state index contributed by atoms with van der Waals surface area (Å²) in [5, 5.41) is 14.8. The fourth-order valence-corrected chi connectivity index (χ4v) is 1.33. The van der Waals surface area contributed by atoms with Crippen LogP contribution in [0.15, 0.2) is 0 Å². The number of ether oxygens (including phenoxy) is 1. The van der Waals surface area contributed by atoms with Gasteiger partial charge >= 0.3 is 6.01 Å². The van der Waals surface area contributed by atoms with Gasteiger partial charge in [-0.1, -0.05) is 6.92 Å². The normalized spacial score (nSPS) is 12.0. The van der Waals surface area contributed by atoms with Gasteiger partial charge in [-0.25, -0.2) is 0 Å². The third-order valence-corrected chi connectivity index (χ3v) is 2.34. The Labute approximate surface area is 107 Å². The number of hydrogen-bond acceptors (Lipinski definition) is 7. The average Bonchev–Trinajstić information content (AvgIpc) is 2.37. The molecule has 7 heteroatoms. The van der Waals surface area contributed by atoms with Crippen LogP contribution in [0.4, 0.5) is 11.9 Å². The second-order valence-electron chi connectivity index (χ2n) is 3.95. The molecule has 0 aliphatic carbocycles. The van der Waals surface area contributed by atoms with Crippen LogP contribution in [-0.2, 0) is 0 Å². The summed E-state index contributed by atoms with van der Waals surface area (Å²) < 4.78 is 5.26. The molecule has 7 nitrogen and oxygen atoms in total. The first-order valence-corrected chi connectivity index (χ1v) is 6.11. The van der Waals surface area contributed by atoms with Crippen LogP contribution in [0, 0.1) is 5.92 Å². The van der Waals surface area contributed by atoms with Gasteiger partial charge in [0.15, 0.2) is 0 Å². The minimum atomic E-state index is 0.187. The monoisotopic (exact) mass is 255 g/mol. The summed E-state index contributed by atoms with van der Waals surface area (Å²) in [6.45, 7) is 5.31. The molecule has 102 valence electrons. The Morgan fingerprint density at radius 1 is 1.28 bits per heavy atom. The predicted octanol–water partition coefficient (Wildman–Crippen LogP) is 0.742. The molecular formula is C11H21N5O2. The summed E-state index contributed by atoms with van der Waals surface area (Å²) >= 11 is 0. The number of aliphatic hydroxyl groups excluding tert-OH is 1. The molecule has 0 aliphatic rings. The van der Waals surface area contributed by atoms with Gasteiger partial charge < -0.3 is 20.5 Å². The van der Waals surface area contributed by atoms with Gasteiger partial charge in [0.2, 0.25) is 11.9 Å². The van der Waals surface area contributed by atoms with Crippen molar-refractivity contribution >= 4 is 11.9 Å². The number of aliphatic hydroxyl groups is 1. The molecule has 1 aromatic heterocycles. The van der Waals surface area contributed by atoms with Gasteiger partial charge in [-0.3, -0.25) is 0 Å². The van der Waals surface area contributed by atoms with Crippen LogP contribution >= 0.6 is 0 Å². The van der Waals surface area contributed by atoms with Crippen LogP contribution in [0.1, 0.15) is 20.3 Å². The van der Waals surface area contributed by atoms with E-state index in [2.05, 4.69) is 25.6 Å². The summed E-state index contributed by atoms with van der Waals surface area (Å²) in [5.41, 5.74) is 0. The minimum Gasteiger partial charge on any atom is -0.464 e. The highest BCUT2D eigenvalue weighted by atomic mass is 16.5. The smallest absolute Gasteiger partial charge is 0.323 e. The quantitative estimate of drug-likeness (QED) is 0.631. The fourth-order valence-electron chi connectivity index (χ4n) is 1.33. The van der Waals surface area contributed by atoms with Crippen molar-refractivity contribution in [3.05, 3.63) is 0 Å². The van der Waals surface area contributed by atoms with Crippen molar-refractivity contribution in [1.82, 2.24) is 15.0 Å². The summed E-state index contributed by atoms with van der Waals surface area (Å²) in [7, 11) is 1.74. The van der Waals surface area contributed by atoms with E-state index < -0.39 is 0 Å². The average molecular weight is 255 g/mol. The first-order valence-electron chi connectivity index (χ1n) is 6.11. The lowest BCUT2D eigenvalue weighted by Gasteiger charge is -2.12. The van der Waals surface area contributed by atoms with E-state index in [9.17, 15) is 0 Å². The van der Waals surface area contributed by atoms with Crippen molar-refractivity contribution in [2.75, 3.05) is 37.4 Å². The maximum Gasteiger partial charge on any atom is 0.323 e. The highest BCUT2D eigenvalue weighted by Gasteiger charge is 2.07. The molecule has 0 radical (unpaired) electrons. The van der Waals surface area contributed by atoms with Crippen LogP contribution in [-0.4, -0.2) is 46.9 Å². The maximum absolute atomic E-state index is 8.83. The van der Waals surface area contributed by atoms with Gasteiger partial charge in [-0.05, 0) is 19.3 Å². The molecule has 1 unspecified atom stereocenters. The van der Waals surface area contributed by atoms with E-state index in [0.717, 1.165) is 6.42 Å². The second-order valence-corrected chi connectivity index (χ2v) is 3.95. The Balaban J connectivity index is 2.65. The largest absolute Gasteiger partial charge is 0.464 e. The van der Waals surface area contributed by atoms with Gasteiger partial charge in [0, 0.05) is 20.2 Å². The third-order valence-electron chi connectivity index (χ3n) is 2.34. The van der Waals surface area contributed by atoms with E-state index in [1.165, 1.54) is 0 Å². The van der Waals surface area contributed by atoms with E-state index in [-0.39, 0.29) is 6.61 Å². The molecule has 0 bridgehead atoms. The lowest BCUT2D eigenvalue weighted by Crippen LogP contribution is -2.15. The van der Waals surface area contributed by atoms with Gasteiger partial charge in [0.1, 0.15) is 0 Å². The molecule has 1 heterocycles. The molecule has 0 saturated heterocycles. The van der Waals surface area contributed by atoms with E-state index in [1.54, 1.807) is 7.05 Å². The number of nitrogens with one attached hydrogen (secondary N) is 2. The van der Waals surface area contributed by atoms with Crippen molar-refractivity contribution in [3.63, 3.8) is 0 Å². The van der Waals surface area contributed by atoms with Gasteiger partial charge in [-0.15, -0.1) is 0 Å². The Bertz CT molecular complexity index is 361. The molecule has 1 aromatic rings. The van der Waals surface area contributed by atoms with Crippen molar-refractivity contribution < 1.29 is 9.84 Å². The van der Waals surface area contributed by atoms with Crippen LogP contribution in [0.2, 0.25) is 0 Å². The number of hydrogen-bond donors (Lipinski definition) is 3. The molecule has 0 aliphatic heterocycles. The highest BCUT2D eigenvalue weighted by molar-refractivity contribution is 5.35. The summed E-state index contributed by atoms with van der Waals surface area (Å²) in [4.78, 5) is 12.4. The van der Waals surface area contributed by atoms with E-state index in [0.29, 0.717) is 37.0 Å². The zero-order chi connectivity index (χ0) is 13.4.